The number of amides is 2. The first kappa shape index (κ1) is 14.2. The van der Waals surface area contributed by atoms with Gasteiger partial charge in [0.1, 0.15) is 5.78 Å². The van der Waals surface area contributed by atoms with Crippen molar-refractivity contribution in [1.82, 2.24) is 5.32 Å². The number of Topliss-reactive ketones (excluding diaryl/α,β-unsaturated/α-hetero) is 1. The Kier molecular flexibility index (Phi) is 4.89. The number of urea groups is 1. The Hall–Kier alpha value is -1.84. The van der Waals surface area contributed by atoms with Crippen LogP contribution in [0, 0.1) is 20.8 Å². The molecule has 18 heavy (non-hydrogen) atoms. The van der Waals surface area contributed by atoms with Crippen molar-refractivity contribution in [2.45, 2.75) is 34.1 Å². The number of hydrogen-bond donors (Lipinski definition) is 2. The predicted molar refractivity (Wildman–Crippen MR) is 73.0 cm³/mol. The van der Waals surface area contributed by atoms with E-state index in [0.717, 1.165) is 16.8 Å². The number of ketones is 1. The van der Waals surface area contributed by atoms with Crippen LogP contribution >= 0.6 is 0 Å². The monoisotopic (exact) mass is 248 g/mol. The van der Waals surface area contributed by atoms with Gasteiger partial charge in [-0.2, -0.15) is 0 Å². The van der Waals surface area contributed by atoms with Crippen LogP contribution in [0.2, 0.25) is 0 Å². The van der Waals surface area contributed by atoms with Crippen LogP contribution in [-0.2, 0) is 4.79 Å². The first-order valence-electron chi connectivity index (χ1n) is 6.02. The summed E-state index contributed by atoms with van der Waals surface area (Å²) in [5, 5.41) is 5.48. The van der Waals surface area contributed by atoms with E-state index in [-0.39, 0.29) is 11.8 Å². The quantitative estimate of drug-likeness (QED) is 0.860. The molecule has 0 spiro atoms. The Labute approximate surface area is 108 Å². The maximum Gasteiger partial charge on any atom is 0.319 e. The van der Waals surface area contributed by atoms with Gasteiger partial charge < -0.3 is 10.6 Å². The van der Waals surface area contributed by atoms with E-state index >= 15 is 0 Å². The van der Waals surface area contributed by atoms with Crippen LogP contribution < -0.4 is 10.6 Å². The summed E-state index contributed by atoms with van der Waals surface area (Å²) in [6.45, 7) is 7.83. The van der Waals surface area contributed by atoms with Crippen LogP contribution in [0.5, 0.6) is 0 Å². The van der Waals surface area contributed by atoms with E-state index < -0.39 is 0 Å². The third kappa shape index (κ3) is 4.20. The lowest BCUT2D eigenvalue weighted by molar-refractivity contribution is -0.116. The lowest BCUT2D eigenvalue weighted by atomic mass is 10.1. The summed E-state index contributed by atoms with van der Waals surface area (Å²) in [6.07, 6.45) is 0.360. The molecule has 4 heteroatoms. The number of hydrogen-bond acceptors (Lipinski definition) is 2. The molecular formula is C14H20N2O2. The van der Waals surface area contributed by atoms with Crippen molar-refractivity contribution < 1.29 is 9.59 Å². The number of nitrogens with one attached hydrogen (secondary N) is 2. The zero-order valence-corrected chi connectivity index (χ0v) is 11.4. The molecule has 98 valence electrons. The molecule has 0 heterocycles. The number of aryl methyl sites for hydroxylation is 3. The average Bonchev–Trinajstić information content (AvgIpc) is 2.22. The van der Waals surface area contributed by atoms with Crippen LogP contribution in [0.1, 0.15) is 30.0 Å². The van der Waals surface area contributed by atoms with Crippen molar-refractivity contribution in [3.05, 3.63) is 28.8 Å². The van der Waals surface area contributed by atoms with Gasteiger partial charge in [-0.25, -0.2) is 4.79 Å². The molecule has 0 saturated carbocycles. The zero-order valence-electron chi connectivity index (χ0n) is 11.4. The van der Waals surface area contributed by atoms with E-state index in [1.165, 1.54) is 12.5 Å². The highest BCUT2D eigenvalue weighted by Gasteiger charge is 2.07. The number of anilines is 1. The van der Waals surface area contributed by atoms with E-state index in [1.807, 2.05) is 32.9 Å². The van der Waals surface area contributed by atoms with E-state index in [9.17, 15) is 9.59 Å². The summed E-state index contributed by atoms with van der Waals surface area (Å²) < 4.78 is 0. The number of carbonyl (C=O) groups is 2. The highest BCUT2D eigenvalue weighted by Crippen LogP contribution is 2.21. The van der Waals surface area contributed by atoms with Gasteiger partial charge in [0.05, 0.1) is 0 Å². The predicted octanol–water partition coefficient (Wildman–Crippen LogP) is 2.71. The van der Waals surface area contributed by atoms with Gasteiger partial charge in [-0.15, -0.1) is 0 Å². The van der Waals surface area contributed by atoms with E-state index in [2.05, 4.69) is 10.6 Å². The van der Waals surface area contributed by atoms with Crippen molar-refractivity contribution in [3.63, 3.8) is 0 Å². The van der Waals surface area contributed by atoms with Gasteiger partial charge in [0, 0.05) is 18.7 Å². The molecule has 0 saturated heterocycles. The largest absolute Gasteiger partial charge is 0.337 e. The maximum absolute atomic E-state index is 11.6. The molecule has 0 aliphatic heterocycles. The lowest BCUT2D eigenvalue weighted by Gasteiger charge is -2.13. The number of rotatable bonds is 4. The summed E-state index contributed by atoms with van der Waals surface area (Å²) in [5.74, 6) is 0.0676. The highest BCUT2D eigenvalue weighted by molar-refractivity contribution is 5.91. The lowest BCUT2D eigenvalue weighted by Crippen LogP contribution is -2.30. The van der Waals surface area contributed by atoms with Crippen LogP contribution in [-0.4, -0.2) is 18.4 Å². The van der Waals surface area contributed by atoms with Gasteiger partial charge in [-0.1, -0.05) is 17.7 Å². The molecule has 1 rings (SSSR count). The van der Waals surface area contributed by atoms with Crippen molar-refractivity contribution in [3.8, 4) is 0 Å². The Morgan fingerprint density at radius 3 is 2.17 bits per heavy atom. The molecule has 0 aliphatic carbocycles. The molecule has 0 radical (unpaired) electrons. The fraction of sp³-hybridized carbons (Fsp3) is 0.429. The van der Waals surface area contributed by atoms with Crippen molar-refractivity contribution in [1.29, 1.82) is 0 Å². The fourth-order valence-electron chi connectivity index (χ4n) is 1.89. The topological polar surface area (TPSA) is 58.2 Å². The molecule has 0 fully saturated rings. The maximum atomic E-state index is 11.6. The van der Waals surface area contributed by atoms with Gasteiger partial charge in [0.25, 0.3) is 0 Å². The summed E-state index contributed by atoms with van der Waals surface area (Å²) in [6, 6.07) is 3.78. The van der Waals surface area contributed by atoms with Gasteiger partial charge in [-0.3, -0.25) is 4.79 Å². The van der Waals surface area contributed by atoms with E-state index in [0.29, 0.717) is 13.0 Å². The second kappa shape index (κ2) is 6.19. The standard InChI is InChI=1S/C14H20N2O2/c1-9-7-10(2)13(11(3)8-9)16-14(18)15-6-5-12(4)17/h7-8H,5-6H2,1-4H3,(H2,15,16,18). The van der Waals surface area contributed by atoms with E-state index in [1.54, 1.807) is 0 Å². The molecule has 1 aromatic carbocycles. The Balaban J connectivity index is 2.62. The molecular weight excluding hydrogens is 228 g/mol. The molecule has 2 N–H and O–H groups in total. The average molecular weight is 248 g/mol. The minimum absolute atomic E-state index is 0.0676. The molecule has 0 aromatic heterocycles. The smallest absolute Gasteiger partial charge is 0.319 e. The number of benzene rings is 1. The summed E-state index contributed by atoms with van der Waals surface area (Å²) in [5.41, 5.74) is 4.08. The summed E-state index contributed by atoms with van der Waals surface area (Å²) in [4.78, 5) is 22.4. The van der Waals surface area contributed by atoms with Gasteiger partial charge in [-0.05, 0) is 38.8 Å². The highest BCUT2D eigenvalue weighted by atomic mass is 16.2. The van der Waals surface area contributed by atoms with Crippen molar-refractivity contribution >= 4 is 17.5 Å². The minimum atomic E-state index is -0.272. The molecule has 2 amide bonds. The Morgan fingerprint density at radius 1 is 1.11 bits per heavy atom. The van der Waals surface area contributed by atoms with Crippen LogP contribution in [0.4, 0.5) is 10.5 Å². The molecule has 0 aliphatic rings. The first-order chi connectivity index (χ1) is 8.40. The van der Waals surface area contributed by atoms with Crippen molar-refractivity contribution in [2.75, 3.05) is 11.9 Å². The Morgan fingerprint density at radius 2 is 1.67 bits per heavy atom. The van der Waals surface area contributed by atoms with Crippen LogP contribution in [0.15, 0.2) is 12.1 Å². The number of carbonyl (C=O) groups excluding carboxylic acids is 2. The third-order valence-corrected chi connectivity index (χ3v) is 2.68. The van der Waals surface area contributed by atoms with Gasteiger partial charge in [0.15, 0.2) is 0 Å². The third-order valence-electron chi connectivity index (χ3n) is 2.68. The zero-order chi connectivity index (χ0) is 13.7. The molecule has 0 bridgehead atoms. The van der Waals surface area contributed by atoms with Gasteiger partial charge >= 0.3 is 6.03 Å². The second-order valence-corrected chi connectivity index (χ2v) is 4.61. The normalized spacial score (nSPS) is 10.0. The fourth-order valence-corrected chi connectivity index (χ4v) is 1.89. The minimum Gasteiger partial charge on any atom is -0.337 e. The van der Waals surface area contributed by atoms with E-state index in [4.69, 9.17) is 0 Å². The Bertz CT molecular complexity index is 444. The SMILES string of the molecule is CC(=O)CCNC(=O)Nc1c(C)cc(C)cc1C. The van der Waals surface area contributed by atoms with Crippen molar-refractivity contribution in [2.24, 2.45) is 0 Å². The van der Waals surface area contributed by atoms with Crippen LogP contribution in [0.25, 0.3) is 0 Å². The molecule has 4 nitrogen and oxygen atoms in total. The molecule has 1 aromatic rings. The molecule has 0 atom stereocenters. The summed E-state index contributed by atoms with van der Waals surface area (Å²) >= 11 is 0. The molecule has 0 unspecified atom stereocenters. The second-order valence-electron chi connectivity index (χ2n) is 4.61. The first-order valence-corrected chi connectivity index (χ1v) is 6.02. The van der Waals surface area contributed by atoms with Gasteiger partial charge in [0.2, 0.25) is 0 Å². The van der Waals surface area contributed by atoms with Crippen LogP contribution in [0.3, 0.4) is 0 Å². The summed E-state index contributed by atoms with van der Waals surface area (Å²) in [7, 11) is 0.